The molecule has 1 aliphatic rings. The molecule has 0 aromatic heterocycles. The van der Waals surface area contributed by atoms with Crippen LogP contribution in [0.1, 0.15) is 24.0 Å². The Morgan fingerprint density at radius 1 is 1.42 bits per heavy atom. The van der Waals surface area contributed by atoms with Gasteiger partial charge >= 0.3 is 6.18 Å². The molecule has 7 heteroatoms. The SMILES string of the molecule is CNC(=O)CN(Cc1cccc(C(F)(F)F)c1)CC1CCCNC1. The zero-order valence-corrected chi connectivity index (χ0v) is 13.8. The molecule has 0 aliphatic carbocycles. The summed E-state index contributed by atoms with van der Waals surface area (Å²) in [5, 5.41) is 5.90. The third-order valence-corrected chi connectivity index (χ3v) is 4.22. The first-order valence-electron chi connectivity index (χ1n) is 8.18. The molecule has 1 aromatic carbocycles. The van der Waals surface area contributed by atoms with Crippen LogP contribution in [0.3, 0.4) is 0 Å². The van der Waals surface area contributed by atoms with Crippen LogP contribution in [-0.2, 0) is 17.5 Å². The number of halogens is 3. The number of nitrogens with one attached hydrogen (secondary N) is 2. The van der Waals surface area contributed by atoms with Crippen LogP contribution < -0.4 is 10.6 Å². The van der Waals surface area contributed by atoms with Crippen LogP contribution in [0.5, 0.6) is 0 Å². The third kappa shape index (κ3) is 5.79. The van der Waals surface area contributed by atoms with E-state index in [-0.39, 0.29) is 12.5 Å². The predicted octanol–water partition coefficient (Wildman–Crippen LogP) is 2.25. The van der Waals surface area contributed by atoms with Gasteiger partial charge in [0.25, 0.3) is 0 Å². The number of carbonyl (C=O) groups is 1. The van der Waals surface area contributed by atoms with E-state index in [2.05, 4.69) is 10.6 Å². The van der Waals surface area contributed by atoms with Crippen LogP contribution >= 0.6 is 0 Å². The van der Waals surface area contributed by atoms with Gasteiger partial charge in [-0.1, -0.05) is 18.2 Å². The summed E-state index contributed by atoms with van der Waals surface area (Å²) in [5.41, 5.74) is -0.0864. The lowest BCUT2D eigenvalue weighted by molar-refractivity contribution is -0.137. The van der Waals surface area contributed by atoms with E-state index < -0.39 is 11.7 Å². The highest BCUT2D eigenvalue weighted by atomic mass is 19.4. The Labute approximate surface area is 140 Å². The van der Waals surface area contributed by atoms with E-state index in [1.165, 1.54) is 6.07 Å². The van der Waals surface area contributed by atoms with E-state index in [1.807, 2.05) is 4.90 Å². The van der Waals surface area contributed by atoms with E-state index in [1.54, 1.807) is 13.1 Å². The average Bonchev–Trinajstić information content (AvgIpc) is 2.55. The lowest BCUT2D eigenvalue weighted by Gasteiger charge is -2.30. The van der Waals surface area contributed by atoms with Crippen molar-refractivity contribution in [3.63, 3.8) is 0 Å². The standard InChI is InChI=1S/C17H24F3N3O/c1-21-16(24)12-23(11-14-5-3-7-22-9-14)10-13-4-2-6-15(8-13)17(18,19)20/h2,4,6,8,14,22H,3,5,7,9-12H2,1H3,(H,21,24). The average molecular weight is 343 g/mol. The molecule has 0 saturated carbocycles. The van der Waals surface area contributed by atoms with E-state index >= 15 is 0 Å². The minimum absolute atomic E-state index is 0.134. The Morgan fingerprint density at radius 3 is 2.83 bits per heavy atom. The van der Waals surface area contributed by atoms with Crippen LogP contribution in [-0.4, -0.2) is 44.0 Å². The molecule has 1 amide bonds. The van der Waals surface area contributed by atoms with Crippen LogP contribution in [0.4, 0.5) is 13.2 Å². The summed E-state index contributed by atoms with van der Waals surface area (Å²) in [7, 11) is 1.56. The molecule has 24 heavy (non-hydrogen) atoms. The van der Waals surface area contributed by atoms with Gasteiger partial charge in [0.1, 0.15) is 0 Å². The molecule has 4 nitrogen and oxygen atoms in total. The Kier molecular flexibility index (Phi) is 6.62. The van der Waals surface area contributed by atoms with Crippen molar-refractivity contribution in [2.75, 3.05) is 33.2 Å². The summed E-state index contributed by atoms with van der Waals surface area (Å²) in [5.74, 6) is 0.278. The van der Waals surface area contributed by atoms with Gasteiger partial charge in [0.15, 0.2) is 0 Å². The van der Waals surface area contributed by atoms with Gasteiger partial charge in [-0.15, -0.1) is 0 Å². The van der Waals surface area contributed by atoms with Crippen LogP contribution in [0.15, 0.2) is 24.3 Å². The minimum Gasteiger partial charge on any atom is -0.358 e. The molecular weight excluding hydrogens is 319 g/mol. The molecule has 1 heterocycles. The summed E-state index contributed by atoms with van der Waals surface area (Å²) in [4.78, 5) is 13.7. The summed E-state index contributed by atoms with van der Waals surface area (Å²) >= 11 is 0. The molecule has 1 fully saturated rings. The second-order valence-electron chi connectivity index (χ2n) is 6.25. The van der Waals surface area contributed by atoms with E-state index in [0.717, 1.165) is 38.1 Å². The van der Waals surface area contributed by atoms with Gasteiger partial charge in [0.2, 0.25) is 5.91 Å². The normalized spacial score (nSPS) is 18.6. The third-order valence-electron chi connectivity index (χ3n) is 4.22. The van der Waals surface area contributed by atoms with Gasteiger partial charge in [0, 0.05) is 20.1 Å². The maximum atomic E-state index is 12.9. The lowest BCUT2D eigenvalue weighted by Crippen LogP contribution is -2.42. The highest BCUT2D eigenvalue weighted by Crippen LogP contribution is 2.29. The number of piperidine rings is 1. The van der Waals surface area contributed by atoms with Gasteiger partial charge in [-0.2, -0.15) is 13.2 Å². The van der Waals surface area contributed by atoms with Crippen molar-refractivity contribution in [1.29, 1.82) is 0 Å². The Balaban J connectivity index is 2.07. The van der Waals surface area contributed by atoms with E-state index in [4.69, 9.17) is 0 Å². The second kappa shape index (κ2) is 8.48. The molecule has 1 saturated heterocycles. The van der Waals surface area contributed by atoms with Crippen molar-refractivity contribution >= 4 is 5.91 Å². The molecule has 134 valence electrons. The number of hydrogen-bond acceptors (Lipinski definition) is 3. The number of carbonyl (C=O) groups excluding carboxylic acids is 1. The topological polar surface area (TPSA) is 44.4 Å². The maximum Gasteiger partial charge on any atom is 0.416 e. The van der Waals surface area contributed by atoms with Crippen LogP contribution in [0.2, 0.25) is 0 Å². The van der Waals surface area contributed by atoms with Crippen molar-refractivity contribution in [2.24, 2.45) is 5.92 Å². The Hall–Kier alpha value is -1.60. The van der Waals surface area contributed by atoms with Gasteiger partial charge in [-0.05, 0) is 43.5 Å². The van der Waals surface area contributed by atoms with Crippen molar-refractivity contribution < 1.29 is 18.0 Å². The van der Waals surface area contributed by atoms with Crippen molar-refractivity contribution in [3.8, 4) is 0 Å². The fourth-order valence-electron chi connectivity index (χ4n) is 3.02. The van der Waals surface area contributed by atoms with Gasteiger partial charge < -0.3 is 10.6 Å². The highest BCUT2D eigenvalue weighted by Gasteiger charge is 2.30. The molecule has 1 aromatic rings. The molecule has 2 N–H and O–H groups in total. The summed E-state index contributed by atoms with van der Waals surface area (Å²) in [6.07, 6.45) is -2.20. The molecule has 0 radical (unpaired) electrons. The number of nitrogens with zero attached hydrogens (tertiary/aromatic N) is 1. The number of hydrogen-bond donors (Lipinski definition) is 2. The number of amides is 1. The van der Waals surface area contributed by atoms with Crippen molar-refractivity contribution in [2.45, 2.75) is 25.6 Å². The van der Waals surface area contributed by atoms with Gasteiger partial charge in [-0.25, -0.2) is 0 Å². The lowest BCUT2D eigenvalue weighted by atomic mass is 9.98. The number of likely N-dealkylation sites (N-methyl/N-ethyl adjacent to an activating group) is 1. The van der Waals surface area contributed by atoms with Crippen molar-refractivity contribution in [1.82, 2.24) is 15.5 Å². The molecule has 1 aliphatic heterocycles. The molecule has 1 atom stereocenters. The molecule has 0 bridgehead atoms. The zero-order chi connectivity index (χ0) is 17.6. The Morgan fingerprint density at radius 2 is 2.21 bits per heavy atom. The second-order valence-corrected chi connectivity index (χ2v) is 6.25. The molecule has 0 spiro atoms. The molecule has 1 unspecified atom stereocenters. The van der Waals surface area contributed by atoms with E-state index in [9.17, 15) is 18.0 Å². The maximum absolute atomic E-state index is 12.9. The fourth-order valence-corrected chi connectivity index (χ4v) is 3.02. The minimum atomic E-state index is -4.35. The smallest absolute Gasteiger partial charge is 0.358 e. The molecular formula is C17H24F3N3O. The monoisotopic (exact) mass is 343 g/mol. The summed E-state index contributed by atoms with van der Waals surface area (Å²) in [6.45, 7) is 3.08. The summed E-state index contributed by atoms with van der Waals surface area (Å²) in [6, 6.07) is 5.32. The number of rotatable bonds is 6. The fraction of sp³-hybridized carbons (Fsp3) is 0.588. The van der Waals surface area contributed by atoms with Crippen LogP contribution in [0.25, 0.3) is 0 Å². The first kappa shape index (κ1) is 18.7. The zero-order valence-electron chi connectivity index (χ0n) is 13.8. The highest BCUT2D eigenvalue weighted by molar-refractivity contribution is 5.77. The predicted molar refractivity (Wildman–Crippen MR) is 86.4 cm³/mol. The first-order chi connectivity index (χ1) is 11.4. The molecule has 2 rings (SSSR count). The van der Waals surface area contributed by atoms with Gasteiger partial charge in [0.05, 0.1) is 12.1 Å². The van der Waals surface area contributed by atoms with Gasteiger partial charge in [-0.3, -0.25) is 9.69 Å². The van der Waals surface area contributed by atoms with Crippen molar-refractivity contribution in [3.05, 3.63) is 35.4 Å². The largest absolute Gasteiger partial charge is 0.416 e. The number of alkyl halides is 3. The van der Waals surface area contributed by atoms with E-state index in [0.29, 0.717) is 24.6 Å². The number of benzene rings is 1. The first-order valence-corrected chi connectivity index (χ1v) is 8.18. The van der Waals surface area contributed by atoms with Crippen LogP contribution in [0, 0.1) is 5.92 Å². The summed E-state index contributed by atoms with van der Waals surface area (Å²) < 4.78 is 38.6. The Bertz CT molecular complexity index is 542. The quantitative estimate of drug-likeness (QED) is 0.833.